The molecule has 2 atom stereocenters. The van der Waals surface area contributed by atoms with E-state index in [0.29, 0.717) is 6.54 Å². The Bertz CT molecular complexity index is 512. The molecule has 0 radical (unpaired) electrons. The molecule has 1 aliphatic heterocycles. The third kappa shape index (κ3) is 3.15. The second kappa shape index (κ2) is 5.37. The van der Waals surface area contributed by atoms with E-state index in [0.717, 1.165) is 15.3 Å². The molecule has 1 saturated heterocycles. The van der Waals surface area contributed by atoms with Crippen LogP contribution in [-0.4, -0.2) is 35.2 Å². The monoisotopic (exact) mass is 307 g/mol. The normalized spacial score (nSPS) is 24.2. The Kier molecular flexibility index (Phi) is 4.11. The van der Waals surface area contributed by atoms with E-state index in [-0.39, 0.29) is 13.1 Å². The van der Waals surface area contributed by atoms with Crippen molar-refractivity contribution in [1.82, 2.24) is 4.90 Å². The van der Waals surface area contributed by atoms with Crippen LogP contribution in [0.1, 0.15) is 15.3 Å². The zero-order valence-electron chi connectivity index (χ0n) is 11.2. The summed E-state index contributed by atoms with van der Waals surface area (Å²) >= 11 is 1.60. The third-order valence-corrected chi connectivity index (χ3v) is 4.68. The lowest BCUT2D eigenvalue weighted by atomic mass is 9.96. The number of likely N-dealkylation sites (tertiary alicyclic amines) is 1. The van der Waals surface area contributed by atoms with Crippen molar-refractivity contribution in [3.8, 4) is 0 Å². The topological polar surface area (TPSA) is 40.5 Å². The van der Waals surface area contributed by atoms with Crippen molar-refractivity contribution in [2.24, 2.45) is 11.8 Å². The summed E-state index contributed by atoms with van der Waals surface area (Å²) in [6.45, 7) is 3.97. The Hall–Kier alpha value is -1.08. The molecule has 0 saturated carbocycles. The van der Waals surface area contributed by atoms with E-state index in [2.05, 4.69) is 0 Å². The van der Waals surface area contributed by atoms with Crippen LogP contribution in [0.4, 0.5) is 13.2 Å². The molecule has 0 unspecified atom stereocenters. The minimum absolute atomic E-state index is 0.0478. The summed E-state index contributed by atoms with van der Waals surface area (Å²) in [4.78, 5) is 14.8. The lowest BCUT2D eigenvalue weighted by molar-refractivity contribution is -0.188. The Balaban J connectivity index is 2.12. The Morgan fingerprint density at radius 1 is 1.45 bits per heavy atom. The first-order valence-electron chi connectivity index (χ1n) is 6.26. The number of thiophene rings is 1. The van der Waals surface area contributed by atoms with Gasteiger partial charge in [-0.15, -0.1) is 11.3 Å². The number of hydrogen-bond acceptors (Lipinski definition) is 3. The van der Waals surface area contributed by atoms with Gasteiger partial charge in [-0.2, -0.15) is 13.2 Å². The number of hydrogen-bond donors (Lipinski definition) is 1. The number of carboxylic acids is 1. The fourth-order valence-electron chi connectivity index (χ4n) is 2.68. The fraction of sp³-hybridized carbons (Fsp3) is 0.615. The molecule has 0 amide bonds. The van der Waals surface area contributed by atoms with Gasteiger partial charge in [-0.05, 0) is 25.5 Å². The van der Waals surface area contributed by atoms with E-state index in [9.17, 15) is 18.0 Å². The molecule has 0 aromatic carbocycles. The van der Waals surface area contributed by atoms with Crippen LogP contribution >= 0.6 is 11.3 Å². The highest BCUT2D eigenvalue weighted by Gasteiger charge is 2.52. The zero-order chi connectivity index (χ0) is 15.1. The predicted molar refractivity (Wildman–Crippen MR) is 69.7 cm³/mol. The van der Waals surface area contributed by atoms with Crippen LogP contribution in [0.15, 0.2) is 6.07 Å². The van der Waals surface area contributed by atoms with Crippen molar-refractivity contribution in [2.75, 3.05) is 13.1 Å². The molecule has 2 rings (SSSR count). The highest BCUT2D eigenvalue weighted by Crippen LogP contribution is 2.38. The van der Waals surface area contributed by atoms with Gasteiger partial charge in [0.2, 0.25) is 0 Å². The number of carbonyl (C=O) groups is 1. The Labute approximate surface area is 119 Å². The third-order valence-electron chi connectivity index (χ3n) is 3.67. The highest BCUT2D eigenvalue weighted by molar-refractivity contribution is 7.12. The van der Waals surface area contributed by atoms with E-state index >= 15 is 0 Å². The number of halogens is 3. The lowest BCUT2D eigenvalue weighted by Crippen LogP contribution is -2.33. The standard InChI is InChI=1S/C13H16F3NO2S/c1-7-3-9(8(2)20-7)4-17-5-10(12(18)19)11(6-17)13(14,15)16/h3,10-11H,4-6H2,1-2H3,(H,18,19)/t10-,11-/m1/s1. The molecular formula is C13H16F3NO2S. The quantitative estimate of drug-likeness (QED) is 0.933. The maximum Gasteiger partial charge on any atom is 0.393 e. The van der Waals surface area contributed by atoms with E-state index in [1.165, 1.54) is 0 Å². The Morgan fingerprint density at radius 3 is 2.50 bits per heavy atom. The number of carboxylic acid groups (broad SMARTS) is 1. The van der Waals surface area contributed by atoms with Crippen molar-refractivity contribution in [3.05, 3.63) is 21.4 Å². The molecule has 0 bridgehead atoms. The second-order valence-corrected chi connectivity index (χ2v) is 6.69. The van der Waals surface area contributed by atoms with Crippen molar-refractivity contribution in [3.63, 3.8) is 0 Å². The summed E-state index contributed by atoms with van der Waals surface area (Å²) in [5.41, 5.74) is 0.986. The molecule has 0 spiro atoms. The van der Waals surface area contributed by atoms with Gasteiger partial charge in [-0.25, -0.2) is 0 Å². The molecule has 3 nitrogen and oxygen atoms in total. The maximum absolute atomic E-state index is 12.9. The molecule has 112 valence electrons. The molecular weight excluding hydrogens is 291 g/mol. The van der Waals surface area contributed by atoms with Crippen LogP contribution in [0.5, 0.6) is 0 Å². The SMILES string of the molecule is Cc1cc(CN2C[C@@H](C(F)(F)F)[C@H](C(=O)O)C2)c(C)s1. The minimum Gasteiger partial charge on any atom is -0.481 e. The van der Waals surface area contributed by atoms with Gasteiger partial charge in [0.05, 0.1) is 11.8 Å². The number of aliphatic carboxylic acids is 1. The van der Waals surface area contributed by atoms with Crippen molar-refractivity contribution in [1.29, 1.82) is 0 Å². The summed E-state index contributed by atoms with van der Waals surface area (Å²) in [5, 5.41) is 8.96. The largest absolute Gasteiger partial charge is 0.481 e. The van der Waals surface area contributed by atoms with Crippen molar-refractivity contribution in [2.45, 2.75) is 26.6 Å². The average Bonchev–Trinajstić information content (AvgIpc) is 2.83. The molecule has 20 heavy (non-hydrogen) atoms. The van der Waals surface area contributed by atoms with Crippen LogP contribution in [0.25, 0.3) is 0 Å². The van der Waals surface area contributed by atoms with Crippen LogP contribution in [0.2, 0.25) is 0 Å². The summed E-state index contributed by atoms with van der Waals surface area (Å²) < 4.78 is 38.6. The smallest absolute Gasteiger partial charge is 0.393 e. The first-order chi connectivity index (χ1) is 9.18. The summed E-state index contributed by atoms with van der Waals surface area (Å²) in [5.74, 6) is -4.51. The molecule has 1 aromatic rings. The van der Waals surface area contributed by atoms with Crippen LogP contribution < -0.4 is 0 Å². The summed E-state index contributed by atoms with van der Waals surface area (Å²) in [6, 6.07) is 1.96. The van der Waals surface area contributed by atoms with Crippen LogP contribution in [-0.2, 0) is 11.3 Å². The van der Waals surface area contributed by atoms with E-state index < -0.39 is 24.0 Å². The van der Waals surface area contributed by atoms with Gasteiger partial charge >= 0.3 is 12.1 Å². The van der Waals surface area contributed by atoms with Crippen LogP contribution in [0.3, 0.4) is 0 Å². The van der Waals surface area contributed by atoms with E-state index in [1.807, 2.05) is 19.9 Å². The molecule has 0 aliphatic carbocycles. The Morgan fingerprint density at radius 2 is 2.10 bits per heavy atom. The van der Waals surface area contributed by atoms with Crippen LogP contribution in [0, 0.1) is 25.7 Å². The number of rotatable bonds is 3. The molecule has 1 aliphatic rings. The first-order valence-corrected chi connectivity index (χ1v) is 7.08. The van der Waals surface area contributed by atoms with Gasteiger partial charge in [-0.3, -0.25) is 9.69 Å². The fourth-order valence-corrected chi connectivity index (χ4v) is 3.62. The molecule has 1 aromatic heterocycles. The second-order valence-electron chi connectivity index (χ2n) is 5.23. The van der Waals surface area contributed by atoms with Gasteiger partial charge in [0.25, 0.3) is 0 Å². The lowest BCUT2D eigenvalue weighted by Gasteiger charge is -2.18. The predicted octanol–water partition coefficient (Wildman–Crippen LogP) is 3.06. The molecule has 1 N–H and O–H groups in total. The van der Waals surface area contributed by atoms with Gasteiger partial charge < -0.3 is 5.11 Å². The minimum atomic E-state index is -4.46. The van der Waals surface area contributed by atoms with E-state index in [1.54, 1.807) is 16.2 Å². The van der Waals surface area contributed by atoms with Crippen molar-refractivity contribution < 1.29 is 23.1 Å². The number of aryl methyl sites for hydroxylation is 2. The number of nitrogens with zero attached hydrogens (tertiary/aromatic N) is 1. The molecule has 2 heterocycles. The zero-order valence-corrected chi connectivity index (χ0v) is 12.0. The highest BCUT2D eigenvalue weighted by atomic mass is 32.1. The molecule has 1 fully saturated rings. The van der Waals surface area contributed by atoms with Gasteiger partial charge in [0.15, 0.2) is 0 Å². The average molecular weight is 307 g/mol. The van der Waals surface area contributed by atoms with E-state index in [4.69, 9.17) is 5.11 Å². The summed E-state index contributed by atoms with van der Waals surface area (Å²) in [7, 11) is 0. The van der Waals surface area contributed by atoms with Crippen molar-refractivity contribution >= 4 is 17.3 Å². The van der Waals surface area contributed by atoms with Gasteiger partial charge in [0.1, 0.15) is 0 Å². The summed E-state index contributed by atoms with van der Waals surface area (Å²) in [6.07, 6.45) is -4.46. The maximum atomic E-state index is 12.9. The first kappa shape index (κ1) is 15.3. The molecule has 7 heteroatoms. The van der Waals surface area contributed by atoms with Gasteiger partial charge in [0, 0.05) is 29.4 Å². The number of alkyl halides is 3. The van der Waals surface area contributed by atoms with Gasteiger partial charge in [-0.1, -0.05) is 0 Å².